The number of likely N-dealkylation sites (tertiary alicyclic amines) is 1. The number of carbonyl (C=O) groups excluding carboxylic acids is 2. The molecule has 0 spiro atoms. The molecular formula is C25H32ClN5O4. The second-order valence-electron chi connectivity index (χ2n) is 8.33. The van der Waals surface area contributed by atoms with Crippen molar-refractivity contribution in [2.24, 2.45) is 10.9 Å². The van der Waals surface area contributed by atoms with Gasteiger partial charge >= 0.3 is 5.97 Å². The Hall–Kier alpha value is -3.30. The third-order valence-corrected chi connectivity index (χ3v) is 6.19. The largest absolute Gasteiger partial charge is 0.466 e. The number of carbonyl (C=O) groups is 2. The maximum Gasteiger partial charge on any atom is 0.307 e. The summed E-state index contributed by atoms with van der Waals surface area (Å²) in [5.74, 6) is -0.501. The van der Waals surface area contributed by atoms with Gasteiger partial charge in [-0.15, -0.1) is 0 Å². The summed E-state index contributed by atoms with van der Waals surface area (Å²) in [5, 5.41) is 18.5. The average molecular weight is 502 g/mol. The highest BCUT2D eigenvalue weighted by molar-refractivity contribution is 6.31. The molecule has 2 aromatic carbocycles. The number of nitrogens with zero attached hydrogens (tertiary/aromatic N) is 2. The number of hydrogen-bond acceptors (Lipinski definition) is 7. The van der Waals surface area contributed by atoms with Gasteiger partial charge in [0.15, 0.2) is 5.84 Å². The molecule has 188 valence electrons. The van der Waals surface area contributed by atoms with Crippen LogP contribution >= 0.6 is 11.6 Å². The Kier molecular flexibility index (Phi) is 9.75. The molecule has 0 unspecified atom stereocenters. The second-order valence-corrected chi connectivity index (χ2v) is 8.76. The molecule has 0 saturated carbocycles. The molecule has 9 nitrogen and oxygen atoms in total. The molecule has 1 heterocycles. The van der Waals surface area contributed by atoms with E-state index in [9.17, 15) is 9.59 Å². The van der Waals surface area contributed by atoms with Crippen LogP contribution in [0.3, 0.4) is 0 Å². The van der Waals surface area contributed by atoms with Crippen molar-refractivity contribution >= 4 is 40.7 Å². The number of hydrogen-bond donors (Lipinski definition) is 4. The quantitative estimate of drug-likeness (QED) is 0.128. The molecule has 1 saturated heterocycles. The summed E-state index contributed by atoms with van der Waals surface area (Å²) < 4.78 is 5.06. The van der Waals surface area contributed by atoms with Crippen LogP contribution < -0.4 is 16.4 Å². The fourth-order valence-corrected chi connectivity index (χ4v) is 4.29. The molecular weight excluding hydrogens is 470 g/mol. The topological polar surface area (TPSA) is 129 Å². The fraction of sp³-hybridized carbons (Fsp3) is 0.400. The second kappa shape index (κ2) is 13.0. The Morgan fingerprint density at radius 2 is 2.00 bits per heavy atom. The molecule has 35 heavy (non-hydrogen) atoms. The first-order chi connectivity index (χ1) is 16.9. The number of nitrogens with one attached hydrogen (secondary N) is 2. The Labute approximate surface area is 210 Å². The van der Waals surface area contributed by atoms with Gasteiger partial charge in [-0.25, -0.2) is 0 Å². The fourth-order valence-electron chi connectivity index (χ4n) is 4.12. The maximum absolute atomic E-state index is 13.1. The molecule has 3 rings (SSSR count). The molecule has 2 aromatic rings. The normalized spacial score (nSPS) is 16.5. The summed E-state index contributed by atoms with van der Waals surface area (Å²) >= 11 is 6.19. The van der Waals surface area contributed by atoms with E-state index in [1.807, 2.05) is 6.92 Å². The van der Waals surface area contributed by atoms with Crippen LogP contribution in [0, 0.1) is 0 Å². The first-order valence-corrected chi connectivity index (χ1v) is 12.1. The smallest absolute Gasteiger partial charge is 0.307 e. The molecule has 1 fully saturated rings. The number of nitrogens with two attached hydrogens (primary N) is 1. The Bertz CT molecular complexity index is 1040. The molecule has 0 bridgehead atoms. The van der Waals surface area contributed by atoms with Gasteiger partial charge in [-0.1, -0.05) is 23.2 Å². The number of piperidine rings is 1. The third-order valence-electron chi connectivity index (χ3n) is 5.96. The van der Waals surface area contributed by atoms with Crippen LogP contribution in [-0.2, 0) is 9.53 Å². The summed E-state index contributed by atoms with van der Waals surface area (Å²) in [7, 11) is 0. The van der Waals surface area contributed by atoms with E-state index >= 15 is 0 Å². The molecule has 0 aliphatic carbocycles. The number of benzene rings is 2. The standard InChI is InChI=1S/C25H32ClN5O4/c1-2-35-23(32)12-14-31-13-4-3-5-20(31)16-28-22-11-8-18(26)15-21(22)25(33)29-19-9-6-17(7-10-19)24(27)30-34/h6-11,15,20,28,34H,2-5,12-14,16H2,1H3,(H2,27,30)(H,29,33)/t20-/m1/s1. The monoisotopic (exact) mass is 501 g/mol. The van der Waals surface area contributed by atoms with Crippen molar-refractivity contribution in [2.75, 3.05) is 36.9 Å². The van der Waals surface area contributed by atoms with Crippen LogP contribution in [0.1, 0.15) is 48.5 Å². The van der Waals surface area contributed by atoms with E-state index in [0.29, 0.717) is 53.6 Å². The summed E-state index contributed by atoms with van der Waals surface area (Å²) in [6.07, 6.45) is 3.60. The Balaban J connectivity index is 1.66. The lowest BCUT2D eigenvalue weighted by molar-refractivity contribution is -0.143. The SMILES string of the molecule is CCOC(=O)CCN1CCCC[C@@H]1CNc1ccc(Cl)cc1C(=O)Nc1ccc(/C(N)=N/O)cc1. The molecule has 0 radical (unpaired) electrons. The van der Waals surface area contributed by atoms with Crippen LogP contribution in [0.4, 0.5) is 11.4 Å². The zero-order chi connectivity index (χ0) is 25.2. The zero-order valence-corrected chi connectivity index (χ0v) is 20.6. The lowest BCUT2D eigenvalue weighted by Crippen LogP contribution is -2.44. The molecule has 0 aromatic heterocycles. The van der Waals surface area contributed by atoms with Gasteiger partial charge in [0.25, 0.3) is 5.91 Å². The molecule has 1 aliphatic heterocycles. The summed E-state index contributed by atoms with van der Waals surface area (Å²) in [5.41, 5.74) is 7.79. The van der Waals surface area contributed by atoms with E-state index in [0.717, 1.165) is 25.8 Å². The number of oxime groups is 1. The number of rotatable bonds is 10. The van der Waals surface area contributed by atoms with Crippen LogP contribution in [0.2, 0.25) is 5.02 Å². The molecule has 1 amide bonds. The van der Waals surface area contributed by atoms with E-state index in [4.69, 9.17) is 27.3 Å². The van der Waals surface area contributed by atoms with Gasteiger partial charge in [0.2, 0.25) is 0 Å². The van der Waals surface area contributed by atoms with E-state index in [1.54, 1.807) is 42.5 Å². The Morgan fingerprint density at radius 3 is 2.71 bits per heavy atom. The number of anilines is 2. The zero-order valence-electron chi connectivity index (χ0n) is 19.8. The van der Waals surface area contributed by atoms with Crippen molar-refractivity contribution in [3.8, 4) is 0 Å². The highest BCUT2D eigenvalue weighted by Gasteiger charge is 2.23. The van der Waals surface area contributed by atoms with Gasteiger partial charge in [-0.2, -0.15) is 0 Å². The van der Waals surface area contributed by atoms with Crippen molar-refractivity contribution in [3.05, 3.63) is 58.6 Å². The molecule has 10 heteroatoms. The number of ether oxygens (including phenoxy) is 1. The molecule has 1 aliphatic rings. The van der Waals surface area contributed by atoms with Gasteiger partial charge in [0, 0.05) is 41.1 Å². The van der Waals surface area contributed by atoms with Crippen molar-refractivity contribution < 1.29 is 19.5 Å². The predicted octanol–water partition coefficient (Wildman–Crippen LogP) is 3.91. The minimum absolute atomic E-state index is 0.0109. The summed E-state index contributed by atoms with van der Waals surface area (Å²) in [6.45, 7) is 4.42. The number of amides is 1. The first kappa shape index (κ1) is 26.3. The van der Waals surface area contributed by atoms with Gasteiger partial charge in [0.05, 0.1) is 18.6 Å². The minimum atomic E-state index is -0.311. The van der Waals surface area contributed by atoms with E-state index in [2.05, 4.69) is 20.7 Å². The van der Waals surface area contributed by atoms with Gasteiger partial charge < -0.3 is 26.3 Å². The minimum Gasteiger partial charge on any atom is -0.466 e. The van der Waals surface area contributed by atoms with Crippen molar-refractivity contribution in [3.63, 3.8) is 0 Å². The highest BCUT2D eigenvalue weighted by Crippen LogP contribution is 2.24. The lowest BCUT2D eigenvalue weighted by atomic mass is 10.0. The van der Waals surface area contributed by atoms with E-state index in [-0.39, 0.29) is 23.8 Å². The summed E-state index contributed by atoms with van der Waals surface area (Å²) in [6, 6.07) is 12.1. The average Bonchev–Trinajstić information content (AvgIpc) is 2.87. The van der Waals surface area contributed by atoms with Crippen molar-refractivity contribution in [1.29, 1.82) is 0 Å². The molecule has 1 atom stereocenters. The third kappa shape index (κ3) is 7.60. The Morgan fingerprint density at radius 1 is 1.23 bits per heavy atom. The number of esters is 1. The van der Waals surface area contributed by atoms with E-state index < -0.39 is 0 Å². The van der Waals surface area contributed by atoms with Gasteiger partial charge in [-0.3, -0.25) is 14.5 Å². The highest BCUT2D eigenvalue weighted by atomic mass is 35.5. The van der Waals surface area contributed by atoms with Crippen LogP contribution in [0.25, 0.3) is 0 Å². The predicted molar refractivity (Wildman–Crippen MR) is 137 cm³/mol. The van der Waals surface area contributed by atoms with Gasteiger partial charge in [0.1, 0.15) is 0 Å². The summed E-state index contributed by atoms with van der Waals surface area (Å²) in [4.78, 5) is 27.2. The van der Waals surface area contributed by atoms with Gasteiger partial charge in [-0.05, 0) is 68.8 Å². The van der Waals surface area contributed by atoms with Crippen LogP contribution in [0.5, 0.6) is 0 Å². The maximum atomic E-state index is 13.1. The molecule has 5 N–H and O–H groups in total. The first-order valence-electron chi connectivity index (χ1n) is 11.7. The van der Waals surface area contributed by atoms with Crippen LogP contribution in [-0.4, -0.2) is 60.1 Å². The van der Waals surface area contributed by atoms with Crippen molar-refractivity contribution in [2.45, 2.75) is 38.6 Å². The van der Waals surface area contributed by atoms with Crippen molar-refractivity contribution in [1.82, 2.24) is 4.90 Å². The van der Waals surface area contributed by atoms with Crippen LogP contribution in [0.15, 0.2) is 47.6 Å². The van der Waals surface area contributed by atoms with E-state index in [1.165, 1.54) is 0 Å². The lowest BCUT2D eigenvalue weighted by Gasteiger charge is -2.36. The number of amidine groups is 1. The number of halogens is 1.